The Morgan fingerprint density at radius 2 is 2.09 bits per heavy atom. The summed E-state index contributed by atoms with van der Waals surface area (Å²) < 4.78 is 2.02. The van der Waals surface area contributed by atoms with Gasteiger partial charge < -0.3 is 10.4 Å². The Balaban J connectivity index is 1.99. The van der Waals surface area contributed by atoms with Gasteiger partial charge >= 0.3 is 5.97 Å². The van der Waals surface area contributed by atoms with E-state index >= 15 is 0 Å². The minimum absolute atomic E-state index is 0.0542. The highest BCUT2D eigenvalue weighted by Crippen LogP contribution is 2.27. The Bertz CT molecular complexity index is 687. The van der Waals surface area contributed by atoms with E-state index in [1.807, 2.05) is 28.9 Å². The quantitative estimate of drug-likeness (QED) is 0.909. The molecule has 0 atom stereocenters. The summed E-state index contributed by atoms with van der Waals surface area (Å²) in [6.07, 6.45) is 1.02. The van der Waals surface area contributed by atoms with Crippen LogP contribution >= 0.6 is 0 Å². The second kappa shape index (κ2) is 5.93. The fraction of sp³-hybridized carbons (Fsp3) is 0.412. The van der Waals surface area contributed by atoms with Crippen molar-refractivity contribution in [2.75, 3.05) is 6.54 Å². The van der Waals surface area contributed by atoms with Gasteiger partial charge in [0, 0.05) is 25.1 Å². The van der Waals surface area contributed by atoms with Crippen LogP contribution in [0.25, 0.3) is 5.69 Å². The average molecular weight is 299 g/mol. The second-order valence-corrected chi connectivity index (χ2v) is 6.04. The first kappa shape index (κ1) is 14.8. The number of hydrogen-bond donors (Lipinski definition) is 2. The van der Waals surface area contributed by atoms with Gasteiger partial charge in [-0.1, -0.05) is 26.0 Å². The number of fused-ring (bicyclic) bond motifs is 1. The number of aliphatic carboxylic acids is 1. The standard InChI is InChI=1S/C17H21N3O2/c1-11(2)17-14-10-18-8-7-15(14)20(19-17)13-5-3-12(4-6-13)9-16(21)22/h3-6,11,18H,7-10H2,1-2H3,(H,21,22). The molecule has 5 heteroatoms. The lowest BCUT2D eigenvalue weighted by atomic mass is 10.0. The van der Waals surface area contributed by atoms with Crippen LogP contribution in [-0.2, 0) is 24.2 Å². The topological polar surface area (TPSA) is 67.2 Å². The molecule has 2 heterocycles. The highest BCUT2D eigenvalue weighted by molar-refractivity contribution is 5.70. The highest BCUT2D eigenvalue weighted by Gasteiger charge is 2.22. The SMILES string of the molecule is CC(C)c1nn(-c2ccc(CC(=O)O)cc2)c2c1CNCC2. The molecule has 22 heavy (non-hydrogen) atoms. The van der Waals surface area contributed by atoms with Gasteiger partial charge in [-0.05, 0) is 23.6 Å². The average Bonchev–Trinajstić information content (AvgIpc) is 2.87. The third-order valence-corrected chi connectivity index (χ3v) is 4.04. The number of carbonyl (C=O) groups is 1. The van der Waals surface area contributed by atoms with E-state index in [9.17, 15) is 4.79 Å². The summed E-state index contributed by atoms with van der Waals surface area (Å²) in [6.45, 7) is 6.17. The fourth-order valence-corrected chi connectivity index (χ4v) is 2.98. The molecule has 5 nitrogen and oxygen atoms in total. The van der Waals surface area contributed by atoms with Crippen molar-refractivity contribution in [2.45, 2.75) is 39.2 Å². The van der Waals surface area contributed by atoms with Crippen LogP contribution in [0.15, 0.2) is 24.3 Å². The lowest BCUT2D eigenvalue weighted by molar-refractivity contribution is -0.136. The zero-order valence-corrected chi connectivity index (χ0v) is 13.0. The van der Waals surface area contributed by atoms with Gasteiger partial charge in [0.1, 0.15) is 0 Å². The molecule has 2 aromatic rings. The molecule has 0 spiro atoms. The summed E-state index contributed by atoms with van der Waals surface area (Å²) in [5.41, 5.74) is 5.54. The van der Waals surface area contributed by atoms with Crippen LogP contribution in [0.5, 0.6) is 0 Å². The van der Waals surface area contributed by atoms with Crippen LogP contribution in [0.2, 0.25) is 0 Å². The number of benzene rings is 1. The van der Waals surface area contributed by atoms with Crippen LogP contribution in [0, 0.1) is 0 Å². The van der Waals surface area contributed by atoms with Crippen molar-refractivity contribution < 1.29 is 9.90 Å². The number of rotatable bonds is 4. The molecule has 0 aliphatic carbocycles. The van der Waals surface area contributed by atoms with E-state index in [0.29, 0.717) is 5.92 Å². The van der Waals surface area contributed by atoms with Crippen molar-refractivity contribution >= 4 is 5.97 Å². The second-order valence-electron chi connectivity index (χ2n) is 6.04. The molecule has 1 aliphatic rings. The first-order valence-corrected chi connectivity index (χ1v) is 7.68. The lowest BCUT2D eigenvalue weighted by Crippen LogP contribution is -2.25. The molecule has 3 rings (SSSR count). The van der Waals surface area contributed by atoms with Crippen molar-refractivity contribution in [3.8, 4) is 5.69 Å². The van der Waals surface area contributed by atoms with Crippen LogP contribution < -0.4 is 5.32 Å². The zero-order valence-electron chi connectivity index (χ0n) is 13.0. The van der Waals surface area contributed by atoms with Gasteiger partial charge in [-0.3, -0.25) is 4.79 Å². The minimum atomic E-state index is -0.808. The van der Waals surface area contributed by atoms with Crippen molar-refractivity contribution in [2.24, 2.45) is 0 Å². The monoisotopic (exact) mass is 299 g/mol. The number of aromatic nitrogens is 2. The molecule has 1 aliphatic heterocycles. The summed E-state index contributed by atoms with van der Waals surface area (Å²) in [5, 5.41) is 17.1. The molecule has 116 valence electrons. The zero-order chi connectivity index (χ0) is 15.7. The first-order chi connectivity index (χ1) is 10.6. The third kappa shape index (κ3) is 2.76. The van der Waals surface area contributed by atoms with Crippen molar-refractivity contribution in [1.82, 2.24) is 15.1 Å². The summed E-state index contributed by atoms with van der Waals surface area (Å²) in [4.78, 5) is 10.8. The number of carboxylic acid groups (broad SMARTS) is 1. The fourth-order valence-electron chi connectivity index (χ4n) is 2.98. The lowest BCUT2D eigenvalue weighted by Gasteiger charge is -2.16. The van der Waals surface area contributed by atoms with Crippen LogP contribution in [0.4, 0.5) is 0 Å². The Morgan fingerprint density at radius 3 is 2.73 bits per heavy atom. The van der Waals surface area contributed by atoms with Crippen LogP contribution in [0.1, 0.15) is 42.3 Å². The maximum Gasteiger partial charge on any atom is 0.307 e. The Hall–Kier alpha value is -2.14. The van der Waals surface area contributed by atoms with E-state index in [4.69, 9.17) is 10.2 Å². The van der Waals surface area contributed by atoms with Gasteiger partial charge in [-0.25, -0.2) is 4.68 Å². The van der Waals surface area contributed by atoms with Gasteiger partial charge in [0.15, 0.2) is 0 Å². The molecular weight excluding hydrogens is 278 g/mol. The summed E-state index contributed by atoms with van der Waals surface area (Å²) in [6, 6.07) is 7.65. The summed E-state index contributed by atoms with van der Waals surface area (Å²) in [5.74, 6) is -0.418. The van der Waals surface area contributed by atoms with Crippen LogP contribution in [0.3, 0.4) is 0 Å². The Kier molecular flexibility index (Phi) is 3.98. The van der Waals surface area contributed by atoms with Gasteiger partial charge in [0.25, 0.3) is 0 Å². The molecular formula is C17H21N3O2. The van der Waals surface area contributed by atoms with Gasteiger partial charge in [0.2, 0.25) is 0 Å². The molecule has 2 N–H and O–H groups in total. The Labute approximate surface area is 130 Å². The molecule has 0 saturated heterocycles. The normalized spacial score (nSPS) is 14.1. The maximum atomic E-state index is 10.8. The van der Waals surface area contributed by atoms with E-state index in [1.165, 1.54) is 11.3 Å². The highest BCUT2D eigenvalue weighted by atomic mass is 16.4. The van der Waals surface area contributed by atoms with E-state index in [0.717, 1.165) is 36.5 Å². The predicted octanol–water partition coefficient (Wildman–Crippen LogP) is 2.27. The van der Waals surface area contributed by atoms with E-state index in [-0.39, 0.29) is 6.42 Å². The number of carboxylic acids is 1. The molecule has 0 radical (unpaired) electrons. The van der Waals surface area contributed by atoms with Gasteiger partial charge in [-0.2, -0.15) is 5.10 Å². The van der Waals surface area contributed by atoms with Gasteiger partial charge in [0.05, 0.1) is 23.5 Å². The smallest absolute Gasteiger partial charge is 0.307 e. The van der Waals surface area contributed by atoms with Crippen molar-refractivity contribution in [3.63, 3.8) is 0 Å². The molecule has 0 bridgehead atoms. The largest absolute Gasteiger partial charge is 0.481 e. The van der Waals surface area contributed by atoms with Crippen molar-refractivity contribution in [3.05, 3.63) is 46.8 Å². The molecule has 0 fully saturated rings. The minimum Gasteiger partial charge on any atom is -0.481 e. The molecule has 0 amide bonds. The van der Waals surface area contributed by atoms with Crippen molar-refractivity contribution in [1.29, 1.82) is 0 Å². The number of nitrogens with zero attached hydrogens (tertiary/aromatic N) is 2. The third-order valence-electron chi connectivity index (χ3n) is 4.04. The molecule has 0 saturated carbocycles. The van der Waals surface area contributed by atoms with E-state index in [1.54, 1.807) is 0 Å². The number of nitrogens with one attached hydrogen (secondary N) is 1. The Morgan fingerprint density at radius 1 is 1.36 bits per heavy atom. The summed E-state index contributed by atoms with van der Waals surface area (Å²) in [7, 11) is 0. The van der Waals surface area contributed by atoms with E-state index < -0.39 is 5.97 Å². The first-order valence-electron chi connectivity index (χ1n) is 7.68. The predicted molar refractivity (Wildman–Crippen MR) is 84.4 cm³/mol. The summed E-state index contributed by atoms with van der Waals surface area (Å²) >= 11 is 0. The molecule has 0 unspecified atom stereocenters. The van der Waals surface area contributed by atoms with E-state index in [2.05, 4.69) is 19.2 Å². The van der Waals surface area contributed by atoms with Gasteiger partial charge in [-0.15, -0.1) is 0 Å². The number of hydrogen-bond acceptors (Lipinski definition) is 3. The van der Waals surface area contributed by atoms with Crippen LogP contribution in [-0.4, -0.2) is 27.4 Å². The maximum absolute atomic E-state index is 10.8. The molecule has 1 aromatic heterocycles. The molecule has 1 aromatic carbocycles.